The van der Waals surface area contributed by atoms with E-state index in [1.807, 2.05) is 54.6 Å². The van der Waals surface area contributed by atoms with Crippen molar-refractivity contribution in [2.75, 3.05) is 5.73 Å². The molecule has 0 saturated heterocycles. The van der Waals surface area contributed by atoms with E-state index in [1.165, 1.54) is 0 Å². The summed E-state index contributed by atoms with van der Waals surface area (Å²) in [4.78, 5) is 8.80. The third kappa shape index (κ3) is 2.69. The lowest BCUT2D eigenvalue weighted by Crippen LogP contribution is -2.03. The van der Waals surface area contributed by atoms with Crippen molar-refractivity contribution in [2.24, 2.45) is 0 Å². The van der Waals surface area contributed by atoms with Gasteiger partial charge >= 0.3 is 0 Å². The van der Waals surface area contributed by atoms with Crippen molar-refractivity contribution in [1.82, 2.24) is 9.97 Å². The minimum Gasteiger partial charge on any atom is -0.382 e. The van der Waals surface area contributed by atoms with Crippen LogP contribution in [-0.4, -0.2) is 9.97 Å². The first kappa shape index (κ1) is 14.2. The minimum atomic E-state index is 0.189. The molecule has 0 radical (unpaired) electrons. The highest BCUT2D eigenvalue weighted by Crippen LogP contribution is 2.28. The molecular formula is C17H11BrN4. The fourth-order valence-electron chi connectivity index (χ4n) is 2.12. The molecule has 0 aliphatic rings. The summed E-state index contributed by atoms with van der Waals surface area (Å²) in [6, 6.07) is 19.2. The van der Waals surface area contributed by atoms with Crippen LogP contribution in [0.15, 0.2) is 59.1 Å². The Hall–Kier alpha value is -2.71. The molecule has 5 heteroatoms. The molecule has 0 unspecified atom stereocenters. The monoisotopic (exact) mass is 350 g/mol. The van der Waals surface area contributed by atoms with Crippen molar-refractivity contribution in [3.8, 4) is 28.7 Å². The van der Waals surface area contributed by atoms with E-state index < -0.39 is 0 Å². The fourth-order valence-corrected chi connectivity index (χ4v) is 2.39. The lowest BCUT2D eigenvalue weighted by Gasteiger charge is -2.09. The van der Waals surface area contributed by atoms with E-state index in [0.717, 1.165) is 15.6 Å². The Kier molecular flexibility index (Phi) is 3.86. The van der Waals surface area contributed by atoms with Gasteiger partial charge in [0.15, 0.2) is 5.82 Å². The molecule has 1 aromatic heterocycles. The average molecular weight is 351 g/mol. The number of nitriles is 1. The van der Waals surface area contributed by atoms with Crippen LogP contribution in [0.1, 0.15) is 5.56 Å². The summed E-state index contributed by atoms with van der Waals surface area (Å²) < 4.78 is 0.958. The van der Waals surface area contributed by atoms with Gasteiger partial charge in [0.2, 0.25) is 0 Å². The van der Waals surface area contributed by atoms with E-state index in [0.29, 0.717) is 17.1 Å². The second-order valence-corrected chi connectivity index (χ2v) is 5.56. The van der Waals surface area contributed by atoms with Crippen molar-refractivity contribution < 1.29 is 0 Å². The van der Waals surface area contributed by atoms with Gasteiger partial charge in [0.25, 0.3) is 0 Å². The van der Waals surface area contributed by atoms with E-state index in [-0.39, 0.29) is 5.82 Å². The number of halogens is 1. The van der Waals surface area contributed by atoms with Crippen LogP contribution in [0.5, 0.6) is 0 Å². The molecule has 2 N–H and O–H groups in total. The highest BCUT2D eigenvalue weighted by molar-refractivity contribution is 9.10. The maximum atomic E-state index is 9.36. The second-order valence-electron chi connectivity index (χ2n) is 4.64. The van der Waals surface area contributed by atoms with Gasteiger partial charge in [0, 0.05) is 15.6 Å². The number of hydrogen-bond acceptors (Lipinski definition) is 4. The van der Waals surface area contributed by atoms with Gasteiger partial charge in [-0.3, -0.25) is 0 Å². The van der Waals surface area contributed by atoms with Crippen LogP contribution in [0.4, 0.5) is 5.82 Å². The molecule has 0 aliphatic heterocycles. The number of nitrogens with two attached hydrogens (primary N) is 1. The number of hydrogen-bond donors (Lipinski definition) is 1. The summed E-state index contributed by atoms with van der Waals surface area (Å²) in [5, 5.41) is 9.36. The van der Waals surface area contributed by atoms with Crippen LogP contribution in [-0.2, 0) is 0 Å². The van der Waals surface area contributed by atoms with Gasteiger partial charge < -0.3 is 5.73 Å². The minimum absolute atomic E-state index is 0.189. The van der Waals surface area contributed by atoms with Crippen LogP contribution in [0, 0.1) is 11.3 Å². The Balaban J connectivity index is 2.22. The summed E-state index contributed by atoms with van der Waals surface area (Å²) in [5.41, 5.74) is 8.47. The molecule has 3 aromatic rings. The molecule has 0 amide bonds. The van der Waals surface area contributed by atoms with Crippen LogP contribution in [0.2, 0.25) is 0 Å². The molecule has 0 spiro atoms. The zero-order valence-corrected chi connectivity index (χ0v) is 13.1. The van der Waals surface area contributed by atoms with Gasteiger partial charge in [-0.2, -0.15) is 5.26 Å². The quantitative estimate of drug-likeness (QED) is 0.756. The summed E-state index contributed by atoms with van der Waals surface area (Å²) in [5.74, 6) is 0.698. The number of benzene rings is 2. The standard InChI is InChI=1S/C17H11BrN4/c18-13-8-6-11(7-9-13)15-14(10-19)16(20)22-17(21-15)12-4-2-1-3-5-12/h1-9H,(H2,20,21,22). The number of anilines is 1. The zero-order chi connectivity index (χ0) is 15.5. The van der Waals surface area contributed by atoms with Crippen molar-refractivity contribution in [1.29, 1.82) is 5.26 Å². The number of nitrogens with zero attached hydrogens (tertiary/aromatic N) is 3. The molecule has 0 aliphatic carbocycles. The van der Waals surface area contributed by atoms with Gasteiger partial charge in [-0.05, 0) is 12.1 Å². The van der Waals surface area contributed by atoms with Gasteiger partial charge in [-0.15, -0.1) is 0 Å². The predicted octanol–water partition coefficient (Wildman–Crippen LogP) is 4.03. The highest BCUT2D eigenvalue weighted by Gasteiger charge is 2.14. The van der Waals surface area contributed by atoms with Crippen molar-refractivity contribution >= 4 is 21.7 Å². The summed E-state index contributed by atoms with van der Waals surface area (Å²) >= 11 is 3.40. The molecule has 106 valence electrons. The normalized spacial score (nSPS) is 10.2. The lowest BCUT2D eigenvalue weighted by atomic mass is 10.1. The van der Waals surface area contributed by atoms with Gasteiger partial charge in [0.05, 0.1) is 5.69 Å². The first-order valence-electron chi connectivity index (χ1n) is 6.58. The predicted molar refractivity (Wildman–Crippen MR) is 89.7 cm³/mol. The smallest absolute Gasteiger partial charge is 0.162 e. The average Bonchev–Trinajstić information content (AvgIpc) is 2.55. The zero-order valence-electron chi connectivity index (χ0n) is 11.5. The highest BCUT2D eigenvalue weighted by atomic mass is 79.9. The van der Waals surface area contributed by atoms with E-state index in [1.54, 1.807) is 0 Å². The molecule has 2 aromatic carbocycles. The van der Waals surface area contributed by atoms with Crippen LogP contribution in [0.25, 0.3) is 22.6 Å². The fraction of sp³-hybridized carbons (Fsp3) is 0. The first-order valence-corrected chi connectivity index (χ1v) is 7.37. The van der Waals surface area contributed by atoms with Crippen molar-refractivity contribution in [3.63, 3.8) is 0 Å². The Morgan fingerprint density at radius 2 is 1.59 bits per heavy atom. The molecule has 0 bridgehead atoms. The molecule has 4 nitrogen and oxygen atoms in total. The van der Waals surface area contributed by atoms with Crippen molar-refractivity contribution in [3.05, 3.63) is 64.6 Å². The Labute approximate surface area is 136 Å². The van der Waals surface area contributed by atoms with E-state index in [9.17, 15) is 5.26 Å². The molecule has 0 atom stereocenters. The summed E-state index contributed by atoms with van der Waals surface area (Å²) in [6.07, 6.45) is 0. The third-order valence-corrected chi connectivity index (χ3v) is 3.73. The van der Waals surface area contributed by atoms with Crippen molar-refractivity contribution in [2.45, 2.75) is 0 Å². The van der Waals surface area contributed by atoms with Crippen LogP contribution in [0.3, 0.4) is 0 Å². The topological polar surface area (TPSA) is 75.6 Å². The molecule has 1 heterocycles. The molecular weight excluding hydrogens is 340 g/mol. The van der Waals surface area contributed by atoms with Crippen LogP contribution < -0.4 is 5.73 Å². The number of rotatable bonds is 2. The molecule has 3 rings (SSSR count). The summed E-state index contributed by atoms with van der Waals surface area (Å²) in [7, 11) is 0. The Bertz CT molecular complexity index is 852. The second kappa shape index (κ2) is 5.96. The maximum absolute atomic E-state index is 9.36. The molecule has 0 fully saturated rings. The van der Waals surface area contributed by atoms with E-state index >= 15 is 0 Å². The lowest BCUT2D eigenvalue weighted by molar-refractivity contribution is 1.17. The van der Waals surface area contributed by atoms with Gasteiger partial charge in [-0.1, -0.05) is 58.4 Å². The Morgan fingerprint density at radius 3 is 2.23 bits per heavy atom. The molecule has 22 heavy (non-hydrogen) atoms. The van der Waals surface area contributed by atoms with Gasteiger partial charge in [-0.25, -0.2) is 9.97 Å². The Morgan fingerprint density at radius 1 is 0.909 bits per heavy atom. The summed E-state index contributed by atoms with van der Waals surface area (Å²) in [6.45, 7) is 0. The number of aromatic nitrogens is 2. The third-order valence-electron chi connectivity index (χ3n) is 3.20. The van der Waals surface area contributed by atoms with E-state index in [4.69, 9.17) is 5.73 Å². The van der Waals surface area contributed by atoms with Gasteiger partial charge in [0.1, 0.15) is 17.5 Å². The van der Waals surface area contributed by atoms with E-state index in [2.05, 4.69) is 32.0 Å². The van der Waals surface area contributed by atoms with Crippen LogP contribution >= 0.6 is 15.9 Å². The largest absolute Gasteiger partial charge is 0.382 e. The molecule has 0 saturated carbocycles. The first-order chi connectivity index (χ1) is 10.7. The maximum Gasteiger partial charge on any atom is 0.162 e. The number of nitrogen functional groups attached to an aromatic ring is 1. The SMILES string of the molecule is N#Cc1c(N)nc(-c2ccccc2)nc1-c1ccc(Br)cc1.